The first-order valence-corrected chi connectivity index (χ1v) is 7.39. The summed E-state index contributed by atoms with van der Waals surface area (Å²) in [6.45, 7) is 2.48. The number of nitrogens with zero attached hydrogens (tertiary/aromatic N) is 2. The maximum absolute atomic E-state index is 12.1. The van der Waals surface area contributed by atoms with Crippen LogP contribution in [0.2, 0.25) is 0 Å². The molecule has 9 nitrogen and oxygen atoms in total. The van der Waals surface area contributed by atoms with E-state index in [1.165, 1.54) is 0 Å². The summed E-state index contributed by atoms with van der Waals surface area (Å²) in [6.07, 6.45) is 1.73. The van der Waals surface area contributed by atoms with Gasteiger partial charge in [0.15, 0.2) is 5.65 Å². The van der Waals surface area contributed by atoms with Gasteiger partial charge in [0.05, 0.1) is 30.7 Å². The summed E-state index contributed by atoms with van der Waals surface area (Å²) < 4.78 is 6.67. The average molecular weight is 333 g/mol. The second-order valence-electron chi connectivity index (χ2n) is 4.83. The number of aromatic amines is 1. The molecule has 0 aliphatic heterocycles. The topological polar surface area (TPSA) is 135 Å². The number of aromatic nitrogens is 3. The highest BCUT2D eigenvalue weighted by Gasteiger charge is 2.12. The van der Waals surface area contributed by atoms with Gasteiger partial charge in [0.1, 0.15) is 6.61 Å². The van der Waals surface area contributed by atoms with Crippen LogP contribution < -0.4 is 16.6 Å². The van der Waals surface area contributed by atoms with Crippen molar-refractivity contribution in [3.8, 4) is 11.8 Å². The van der Waals surface area contributed by atoms with E-state index < -0.39 is 0 Å². The summed E-state index contributed by atoms with van der Waals surface area (Å²) in [6, 6.07) is 0. The molecule has 0 radical (unpaired) electrons. The molecular weight excluding hydrogens is 314 g/mol. The van der Waals surface area contributed by atoms with Crippen LogP contribution in [-0.4, -0.2) is 51.9 Å². The number of fused-ring (bicyclic) bond motifs is 1. The molecule has 24 heavy (non-hydrogen) atoms. The van der Waals surface area contributed by atoms with Gasteiger partial charge >= 0.3 is 0 Å². The number of ether oxygens (including phenoxy) is 1. The van der Waals surface area contributed by atoms with Crippen LogP contribution in [-0.2, 0) is 16.1 Å². The van der Waals surface area contributed by atoms with Crippen LogP contribution in [0.25, 0.3) is 11.0 Å². The second-order valence-corrected chi connectivity index (χ2v) is 4.83. The monoisotopic (exact) mass is 333 g/mol. The van der Waals surface area contributed by atoms with Gasteiger partial charge < -0.3 is 25.5 Å². The van der Waals surface area contributed by atoms with Gasteiger partial charge in [-0.1, -0.05) is 11.8 Å². The first-order valence-electron chi connectivity index (χ1n) is 7.39. The molecule has 0 saturated heterocycles. The fourth-order valence-corrected chi connectivity index (χ4v) is 2.11. The third kappa shape index (κ3) is 4.13. The van der Waals surface area contributed by atoms with Gasteiger partial charge in [-0.05, 0) is 6.92 Å². The summed E-state index contributed by atoms with van der Waals surface area (Å²) >= 11 is 0. The average Bonchev–Trinajstić information content (AvgIpc) is 2.89. The molecule has 0 aliphatic rings. The molecule has 2 aromatic heterocycles. The van der Waals surface area contributed by atoms with Crippen LogP contribution in [0.4, 0.5) is 5.95 Å². The number of nitrogens with two attached hydrogens (primary N) is 1. The van der Waals surface area contributed by atoms with E-state index in [9.17, 15) is 9.59 Å². The highest BCUT2D eigenvalue weighted by molar-refractivity contribution is 5.83. The molecule has 0 aromatic carbocycles. The Morgan fingerprint density at radius 2 is 2.38 bits per heavy atom. The molecule has 0 bridgehead atoms. The Hall–Kier alpha value is -2.83. The van der Waals surface area contributed by atoms with Crippen molar-refractivity contribution in [1.29, 1.82) is 0 Å². The molecule has 0 unspecified atom stereocenters. The van der Waals surface area contributed by atoms with Gasteiger partial charge in [0.2, 0.25) is 11.9 Å². The first kappa shape index (κ1) is 17.5. The van der Waals surface area contributed by atoms with Crippen LogP contribution >= 0.6 is 0 Å². The zero-order chi connectivity index (χ0) is 17.5. The van der Waals surface area contributed by atoms with Crippen LogP contribution in [0.5, 0.6) is 0 Å². The Bertz CT molecular complexity index is 843. The van der Waals surface area contributed by atoms with Gasteiger partial charge in [0.25, 0.3) is 5.56 Å². The number of nitrogen functional groups attached to an aromatic ring is 1. The van der Waals surface area contributed by atoms with Crippen LogP contribution in [0, 0.1) is 11.8 Å². The number of H-pyrrole nitrogens is 1. The molecule has 1 amide bonds. The Labute approximate surface area is 137 Å². The van der Waals surface area contributed by atoms with Crippen LogP contribution in [0.3, 0.4) is 0 Å². The van der Waals surface area contributed by atoms with Crippen molar-refractivity contribution in [1.82, 2.24) is 19.9 Å². The standard InChI is InChI=1S/C15H19N5O4/c1-2-20-8-10(12-13(20)18-15(16)19-14(12)23)4-3-5-17-11(22)9-24-7-6-21/h8,21H,2,5-7,9H2,1H3,(H,17,22)(H3,16,18,19,23). The smallest absolute Gasteiger partial charge is 0.263 e. The van der Waals surface area contributed by atoms with Gasteiger partial charge in [-0.2, -0.15) is 4.98 Å². The number of nitrogens with one attached hydrogen (secondary N) is 2. The molecule has 128 valence electrons. The first-order chi connectivity index (χ1) is 11.6. The summed E-state index contributed by atoms with van der Waals surface area (Å²) in [4.78, 5) is 30.1. The lowest BCUT2D eigenvalue weighted by molar-refractivity contribution is -0.125. The lowest BCUT2D eigenvalue weighted by atomic mass is 10.2. The lowest BCUT2D eigenvalue weighted by Crippen LogP contribution is -2.28. The molecular formula is C15H19N5O4. The van der Waals surface area contributed by atoms with Gasteiger partial charge in [0, 0.05) is 12.7 Å². The number of aliphatic hydroxyl groups is 1. The summed E-state index contributed by atoms with van der Waals surface area (Å²) in [5.41, 5.74) is 6.22. The molecule has 5 N–H and O–H groups in total. The summed E-state index contributed by atoms with van der Waals surface area (Å²) in [5.74, 6) is 5.36. The number of aryl methyl sites for hydroxylation is 1. The van der Waals surface area contributed by atoms with E-state index in [2.05, 4.69) is 27.1 Å². The number of anilines is 1. The van der Waals surface area contributed by atoms with Gasteiger partial charge in [-0.25, -0.2) is 0 Å². The Morgan fingerprint density at radius 1 is 1.58 bits per heavy atom. The van der Waals surface area contributed by atoms with E-state index in [4.69, 9.17) is 15.6 Å². The van der Waals surface area contributed by atoms with Crippen LogP contribution in [0.1, 0.15) is 12.5 Å². The van der Waals surface area contributed by atoms with Gasteiger partial charge in [-0.3, -0.25) is 14.6 Å². The minimum Gasteiger partial charge on any atom is -0.394 e. The minimum absolute atomic E-state index is 0.0509. The molecule has 9 heteroatoms. The van der Waals surface area contributed by atoms with E-state index in [1.54, 1.807) is 10.8 Å². The predicted octanol–water partition coefficient (Wildman–Crippen LogP) is -1.20. The number of aliphatic hydroxyl groups excluding tert-OH is 1. The van der Waals surface area contributed by atoms with Crippen molar-refractivity contribution in [2.75, 3.05) is 32.1 Å². The largest absolute Gasteiger partial charge is 0.394 e. The summed E-state index contributed by atoms with van der Waals surface area (Å²) in [5, 5.41) is 11.5. The third-order valence-corrected chi connectivity index (χ3v) is 3.15. The molecule has 2 heterocycles. The maximum Gasteiger partial charge on any atom is 0.263 e. The summed E-state index contributed by atoms with van der Waals surface area (Å²) in [7, 11) is 0. The number of carbonyl (C=O) groups excluding carboxylic acids is 1. The highest BCUT2D eigenvalue weighted by Crippen LogP contribution is 2.15. The third-order valence-electron chi connectivity index (χ3n) is 3.15. The quantitative estimate of drug-likeness (QED) is 0.387. The zero-order valence-electron chi connectivity index (χ0n) is 13.3. The number of rotatable bonds is 6. The minimum atomic E-state index is -0.351. The van der Waals surface area contributed by atoms with E-state index in [1.807, 2.05) is 6.92 Å². The predicted molar refractivity (Wildman–Crippen MR) is 88.2 cm³/mol. The lowest BCUT2D eigenvalue weighted by Gasteiger charge is -2.01. The number of hydrogen-bond donors (Lipinski definition) is 4. The van der Waals surface area contributed by atoms with Crippen molar-refractivity contribution < 1.29 is 14.6 Å². The molecule has 2 aromatic rings. The molecule has 2 rings (SSSR count). The van der Waals surface area contributed by atoms with Crippen molar-refractivity contribution >= 4 is 22.9 Å². The highest BCUT2D eigenvalue weighted by atomic mass is 16.5. The zero-order valence-corrected chi connectivity index (χ0v) is 13.3. The SMILES string of the molecule is CCn1cc(C#CCNC(=O)COCCO)c2c(=O)[nH]c(N)nc21. The molecule has 0 atom stereocenters. The number of amides is 1. The van der Waals surface area contributed by atoms with E-state index in [0.29, 0.717) is 23.1 Å². The number of carbonyl (C=O) groups is 1. The maximum atomic E-state index is 12.1. The van der Waals surface area contributed by atoms with Crippen molar-refractivity contribution in [3.05, 3.63) is 22.1 Å². The normalized spacial score (nSPS) is 10.4. The molecule has 0 spiro atoms. The van der Waals surface area contributed by atoms with Crippen molar-refractivity contribution in [2.24, 2.45) is 0 Å². The fourth-order valence-electron chi connectivity index (χ4n) is 2.11. The van der Waals surface area contributed by atoms with Gasteiger partial charge in [-0.15, -0.1) is 0 Å². The van der Waals surface area contributed by atoms with Crippen molar-refractivity contribution in [3.63, 3.8) is 0 Å². The second kappa shape index (κ2) is 8.14. The Kier molecular flexibility index (Phi) is 5.95. The van der Waals surface area contributed by atoms with E-state index in [-0.39, 0.29) is 43.8 Å². The molecule has 0 saturated carbocycles. The fraction of sp³-hybridized carbons (Fsp3) is 0.400. The van der Waals surface area contributed by atoms with E-state index >= 15 is 0 Å². The van der Waals surface area contributed by atoms with Crippen molar-refractivity contribution in [2.45, 2.75) is 13.5 Å². The van der Waals surface area contributed by atoms with Crippen LogP contribution in [0.15, 0.2) is 11.0 Å². The Balaban J connectivity index is 2.11. The Morgan fingerprint density at radius 3 is 3.08 bits per heavy atom. The molecule has 0 aliphatic carbocycles. The van der Waals surface area contributed by atoms with E-state index in [0.717, 1.165) is 0 Å². The molecule has 0 fully saturated rings. The number of hydrogen-bond acceptors (Lipinski definition) is 6.